The van der Waals surface area contributed by atoms with E-state index in [0.29, 0.717) is 26.1 Å². The Hall–Kier alpha value is -0.710. The highest BCUT2D eigenvalue weighted by Crippen LogP contribution is 2.39. The third kappa shape index (κ3) is 3.91. The number of halogens is 2. The molecule has 2 unspecified atom stereocenters. The van der Waals surface area contributed by atoms with Crippen molar-refractivity contribution in [3.63, 3.8) is 0 Å². The van der Waals surface area contributed by atoms with Crippen molar-refractivity contribution >= 4 is 5.91 Å². The van der Waals surface area contributed by atoms with Gasteiger partial charge in [0.05, 0.1) is 0 Å². The first-order valence-corrected chi connectivity index (χ1v) is 6.26. The van der Waals surface area contributed by atoms with Crippen LogP contribution < -0.4 is 5.73 Å². The minimum absolute atomic E-state index is 0.134. The first-order chi connectivity index (χ1) is 7.89. The quantitative estimate of drug-likeness (QED) is 0.807. The minimum Gasteiger partial charge on any atom is -0.342 e. The molecule has 100 valence electrons. The molecule has 0 aliphatic heterocycles. The second-order valence-electron chi connectivity index (χ2n) is 5.01. The molecule has 5 heteroatoms. The van der Waals surface area contributed by atoms with Crippen LogP contribution in [0.3, 0.4) is 0 Å². The van der Waals surface area contributed by atoms with Gasteiger partial charge >= 0.3 is 0 Å². The molecule has 1 fully saturated rings. The number of carbonyl (C=O) groups is 1. The molecule has 1 amide bonds. The smallest absolute Gasteiger partial charge is 0.248 e. The molecule has 0 aromatic heterocycles. The van der Waals surface area contributed by atoms with Gasteiger partial charge in [-0.3, -0.25) is 4.79 Å². The Bertz CT molecular complexity index is 271. The van der Waals surface area contributed by atoms with E-state index in [0.717, 1.165) is 0 Å². The first-order valence-electron chi connectivity index (χ1n) is 6.26. The third-order valence-corrected chi connectivity index (χ3v) is 3.38. The van der Waals surface area contributed by atoms with Crippen LogP contribution in [-0.2, 0) is 4.79 Å². The zero-order valence-corrected chi connectivity index (χ0v) is 10.6. The number of hydrogen-bond donors (Lipinski definition) is 1. The molecule has 0 spiro atoms. The topological polar surface area (TPSA) is 46.3 Å². The lowest BCUT2D eigenvalue weighted by molar-refractivity contribution is -0.136. The Kier molecular flexibility index (Phi) is 4.86. The van der Waals surface area contributed by atoms with E-state index in [1.165, 1.54) is 0 Å². The van der Waals surface area contributed by atoms with Crippen molar-refractivity contribution in [2.45, 2.75) is 39.0 Å². The Morgan fingerprint density at radius 1 is 1.59 bits per heavy atom. The highest BCUT2D eigenvalue weighted by molar-refractivity contribution is 5.79. The van der Waals surface area contributed by atoms with Crippen LogP contribution in [0.4, 0.5) is 8.78 Å². The van der Waals surface area contributed by atoms with Crippen molar-refractivity contribution in [2.75, 3.05) is 19.6 Å². The molecule has 1 aliphatic rings. The maximum absolute atomic E-state index is 13.1. The van der Waals surface area contributed by atoms with Crippen LogP contribution in [-0.4, -0.2) is 36.4 Å². The van der Waals surface area contributed by atoms with E-state index in [1.54, 1.807) is 4.90 Å². The summed E-state index contributed by atoms with van der Waals surface area (Å²) >= 11 is 0. The highest BCUT2D eigenvalue weighted by atomic mass is 19.3. The molecule has 17 heavy (non-hydrogen) atoms. The molecule has 2 atom stereocenters. The number of amides is 1. The molecule has 2 N–H and O–H groups in total. The zero-order chi connectivity index (χ0) is 13.1. The van der Waals surface area contributed by atoms with Crippen LogP contribution in [0, 0.1) is 11.8 Å². The SMILES string of the molecule is CCN(CC(C)CN)C(=O)C1CCC(F)(F)C1. The lowest BCUT2D eigenvalue weighted by Gasteiger charge is -2.26. The van der Waals surface area contributed by atoms with Gasteiger partial charge in [-0.15, -0.1) is 0 Å². The van der Waals surface area contributed by atoms with Gasteiger partial charge in [0.25, 0.3) is 0 Å². The van der Waals surface area contributed by atoms with E-state index in [2.05, 4.69) is 0 Å². The monoisotopic (exact) mass is 248 g/mol. The van der Waals surface area contributed by atoms with Gasteiger partial charge in [0.1, 0.15) is 0 Å². The molecule has 0 heterocycles. The van der Waals surface area contributed by atoms with E-state index in [9.17, 15) is 13.6 Å². The van der Waals surface area contributed by atoms with Crippen molar-refractivity contribution in [1.29, 1.82) is 0 Å². The van der Waals surface area contributed by atoms with E-state index in [4.69, 9.17) is 5.73 Å². The molecular weight excluding hydrogens is 226 g/mol. The normalized spacial score (nSPS) is 24.6. The molecule has 0 radical (unpaired) electrons. The van der Waals surface area contributed by atoms with Crippen molar-refractivity contribution in [3.8, 4) is 0 Å². The predicted octanol–water partition coefficient (Wildman–Crippen LogP) is 1.87. The summed E-state index contributed by atoms with van der Waals surface area (Å²) in [6, 6.07) is 0. The maximum Gasteiger partial charge on any atom is 0.248 e. The van der Waals surface area contributed by atoms with Crippen LogP contribution >= 0.6 is 0 Å². The second-order valence-corrected chi connectivity index (χ2v) is 5.01. The Morgan fingerprint density at radius 2 is 2.24 bits per heavy atom. The standard InChI is InChI=1S/C12H22F2N2O/c1-3-16(8-9(2)7-15)11(17)10-4-5-12(13,14)6-10/h9-10H,3-8,15H2,1-2H3. The lowest BCUT2D eigenvalue weighted by atomic mass is 10.0. The third-order valence-electron chi connectivity index (χ3n) is 3.38. The Labute approximate surface area is 101 Å². The number of alkyl halides is 2. The van der Waals surface area contributed by atoms with Crippen molar-refractivity contribution in [3.05, 3.63) is 0 Å². The van der Waals surface area contributed by atoms with Crippen LogP contribution in [0.5, 0.6) is 0 Å². The number of carbonyl (C=O) groups excluding carboxylic acids is 1. The van der Waals surface area contributed by atoms with Crippen LogP contribution in [0.1, 0.15) is 33.1 Å². The first kappa shape index (κ1) is 14.4. The van der Waals surface area contributed by atoms with Gasteiger partial charge in [-0.2, -0.15) is 0 Å². The predicted molar refractivity (Wildman–Crippen MR) is 62.8 cm³/mol. The Balaban J connectivity index is 2.55. The van der Waals surface area contributed by atoms with Crippen molar-refractivity contribution < 1.29 is 13.6 Å². The van der Waals surface area contributed by atoms with Gasteiger partial charge in [-0.05, 0) is 25.8 Å². The van der Waals surface area contributed by atoms with Gasteiger partial charge in [0.15, 0.2) is 0 Å². The van der Waals surface area contributed by atoms with E-state index in [-0.39, 0.29) is 24.7 Å². The largest absolute Gasteiger partial charge is 0.342 e. The van der Waals surface area contributed by atoms with Gasteiger partial charge in [0.2, 0.25) is 11.8 Å². The molecule has 0 aromatic carbocycles. The van der Waals surface area contributed by atoms with Crippen LogP contribution in [0.2, 0.25) is 0 Å². The second kappa shape index (κ2) is 5.76. The maximum atomic E-state index is 13.1. The summed E-state index contributed by atoms with van der Waals surface area (Å²) in [5.74, 6) is -3.08. The molecule has 0 aromatic rings. The summed E-state index contributed by atoms with van der Waals surface area (Å²) in [6.07, 6.45) is -0.147. The summed E-state index contributed by atoms with van der Waals surface area (Å²) in [5.41, 5.74) is 5.51. The van der Waals surface area contributed by atoms with E-state index >= 15 is 0 Å². The summed E-state index contributed by atoms with van der Waals surface area (Å²) in [5, 5.41) is 0. The fourth-order valence-corrected chi connectivity index (χ4v) is 2.24. The van der Waals surface area contributed by atoms with Gasteiger partial charge in [-0.25, -0.2) is 8.78 Å². The summed E-state index contributed by atoms with van der Waals surface area (Å²) in [6.45, 7) is 5.46. The molecule has 1 aliphatic carbocycles. The number of hydrogen-bond acceptors (Lipinski definition) is 2. The lowest BCUT2D eigenvalue weighted by Crippen LogP contribution is -2.39. The van der Waals surface area contributed by atoms with Crippen LogP contribution in [0.25, 0.3) is 0 Å². The minimum atomic E-state index is -2.65. The average Bonchev–Trinajstić information content (AvgIpc) is 2.65. The zero-order valence-electron chi connectivity index (χ0n) is 10.6. The van der Waals surface area contributed by atoms with E-state index < -0.39 is 11.8 Å². The van der Waals surface area contributed by atoms with Gasteiger partial charge in [-0.1, -0.05) is 6.92 Å². The Morgan fingerprint density at radius 3 is 2.65 bits per heavy atom. The number of nitrogens with two attached hydrogens (primary N) is 1. The highest BCUT2D eigenvalue weighted by Gasteiger charge is 2.43. The number of rotatable bonds is 5. The molecule has 1 rings (SSSR count). The van der Waals surface area contributed by atoms with Crippen molar-refractivity contribution in [2.24, 2.45) is 17.6 Å². The average molecular weight is 248 g/mol. The van der Waals surface area contributed by atoms with Crippen molar-refractivity contribution in [1.82, 2.24) is 4.90 Å². The number of nitrogens with zero attached hydrogens (tertiary/aromatic N) is 1. The van der Waals surface area contributed by atoms with Gasteiger partial charge in [0, 0.05) is 31.8 Å². The van der Waals surface area contributed by atoms with Gasteiger partial charge < -0.3 is 10.6 Å². The summed E-state index contributed by atoms with van der Waals surface area (Å²) in [4.78, 5) is 13.7. The fourth-order valence-electron chi connectivity index (χ4n) is 2.24. The fraction of sp³-hybridized carbons (Fsp3) is 0.917. The summed E-state index contributed by atoms with van der Waals surface area (Å²) in [7, 11) is 0. The molecule has 1 saturated carbocycles. The molecular formula is C12H22F2N2O. The molecule has 0 bridgehead atoms. The van der Waals surface area contributed by atoms with Crippen LogP contribution in [0.15, 0.2) is 0 Å². The molecule has 0 saturated heterocycles. The molecule has 3 nitrogen and oxygen atoms in total. The summed E-state index contributed by atoms with van der Waals surface area (Å²) < 4.78 is 26.1. The van der Waals surface area contributed by atoms with E-state index in [1.807, 2.05) is 13.8 Å².